The molecule has 0 saturated carbocycles. The van der Waals surface area contributed by atoms with Crippen LogP contribution in [-0.4, -0.2) is 11.5 Å². The zero-order valence-electron chi connectivity index (χ0n) is 10.1. The summed E-state index contributed by atoms with van der Waals surface area (Å²) in [4.78, 5) is 0. The summed E-state index contributed by atoms with van der Waals surface area (Å²) >= 11 is 1.96. The van der Waals surface area contributed by atoms with Crippen LogP contribution in [0.5, 0.6) is 0 Å². The normalized spacial score (nSPS) is 15.5. The first-order valence-corrected chi connectivity index (χ1v) is 7.26. The molecule has 0 N–H and O–H groups in total. The SMILES string of the molecule is CCCC1=CCCCC1.CCSCC. The lowest BCUT2D eigenvalue weighted by Crippen LogP contribution is -1.90. The fraction of sp³-hybridized carbons (Fsp3) is 0.846. The fourth-order valence-electron chi connectivity index (χ4n) is 1.66. The smallest absolute Gasteiger partial charge is 0.00961 e. The topological polar surface area (TPSA) is 0 Å². The Morgan fingerprint density at radius 1 is 1.14 bits per heavy atom. The maximum absolute atomic E-state index is 2.44. The third-order valence-corrected chi connectivity index (χ3v) is 3.18. The van der Waals surface area contributed by atoms with E-state index in [1.165, 1.54) is 50.0 Å². The lowest BCUT2D eigenvalue weighted by molar-refractivity contribution is 0.670. The Morgan fingerprint density at radius 2 is 1.86 bits per heavy atom. The average Bonchev–Trinajstić information content (AvgIpc) is 2.22. The Kier molecular flexibility index (Phi) is 11.2. The number of hydrogen-bond donors (Lipinski definition) is 0. The molecule has 1 rings (SSSR count). The summed E-state index contributed by atoms with van der Waals surface area (Å²) in [6.45, 7) is 6.61. The number of rotatable bonds is 4. The molecule has 0 aromatic heterocycles. The van der Waals surface area contributed by atoms with Crippen LogP contribution in [0.25, 0.3) is 0 Å². The largest absolute Gasteiger partial charge is 0.163 e. The predicted octanol–water partition coefficient (Wildman–Crippen LogP) is 5.05. The van der Waals surface area contributed by atoms with E-state index in [0.29, 0.717) is 0 Å². The first kappa shape index (κ1) is 14.1. The number of allylic oxidation sites excluding steroid dienone is 2. The molecule has 0 atom stereocenters. The molecule has 0 bridgehead atoms. The highest BCUT2D eigenvalue weighted by atomic mass is 32.2. The Morgan fingerprint density at radius 3 is 2.21 bits per heavy atom. The van der Waals surface area contributed by atoms with E-state index in [4.69, 9.17) is 0 Å². The summed E-state index contributed by atoms with van der Waals surface area (Å²) in [5, 5.41) is 0. The van der Waals surface area contributed by atoms with Gasteiger partial charge in [0.25, 0.3) is 0 Å². The molecule has 0 amide bonds. The van der Waals surface area contributed by atoms with Crippen LogP contribution in [-0.2, 0) is 0 Å². The molecule has 0 radical (unpaired) electrons. The summed E-state index contributed by atoms with van der Waals surface area (Å²) in [5.41, 5.74) is 1.71. The van der Waals surface area contributed by atoms with Crippen LogP contribution in [0.2, 0.25) is 0 Å². The van der Waals surface area contributed by atoms with E-state index in [1.807, 2.05) is 11.8 Å². The Balaban J connectivity index is 0.000000292. The van der Waals surface area contributed by atoms with E-state index in [-0.39, 0.29) is 0 Å². The lowest BCUT2D eigenvalue weighted by Gasteiger charge is -2.10. The van der Waals surface area contributed by atoms with Crippen molar-refractivity contribution >= 4 is 11.8 Å². The molecule has 1 aliphatic carbocycles. The maximum atomic E-state index is 2.44. The molecule has 0 aromatic carbocycles. The van der Waals surface area contributed by atoms with Gasteiger partial charge in [0, 0.05) is 0 Å². The van der Waals surface area contributed by atoms with Crippen molar-refractivity contribution in [3.05, 3.63) is 11.6 Å². The molecule has 0 aromatic rings. The highest BCUT2D eigenvalue weighted by Gasteiger charge is 2.00. The Labute approximate surface area is 94.6 Å². The zero-order valence-corrected chi connectivity index (χ0v) is 11.0. The van der Waals surface area contributed by atoms with Gasteiger partial charge in [-0.05, 0) is 43.6 Å². The summed E-state index contributed by atoms with van der Waals surface area (Å²) < 4.78 is 0. The van der Waals surface area contributed by atoms with Gasteiger partial charge in [-0.1, -0.05) is 38.8 Å². The van der Waals surface area contributed by atoms with Gasteiger partial charge in [0.05, 0.1) is 0 Å². The molecular weight excluding hydrogens is 188 g/mol. The first-order chi connectivity index (χ1) is 6.85. The van der Waals surface area contributed by atoms with E-state index in [0.717, 1.165) is 0 Å². The lowest BCUT2D eigenvalue weighted by atomic mass is 9.96. The fourth-order valence-corrected chi connectivity index (χ4v) is 2.07. The maximum Gasteiger partial charge on any atom is -0.00961 e. The van der Waals surface area contributed by atoms with Crippen LogP contribution in [0.1, 0.15) is 59.3 Å². The van der Waals surface area contributed by atoms with Crippen LogP contribution in [0.4, 0.5) is 0 Å². The summed E-state index contributed by atoms with van der Waals surface area (Å²) in [5.74, 6) is 2.52. The predicted molar refractivity (Wildman–Crippen MR) is 70.1 cm³/mol. The van der Waals surface area contributed by atoms with Crippen molar-refractivity contribution < 1.29 is 0 Å². The third kappa shape index (κ3) is 8.68. The molecule has 14 heavy (non-hydrogen) atoms. The van der Waals surface area contributed by atoms with Gasteiger partial charge in [-0.2, -0.15) is 11.8 Å². The van der Waals surface area contributed by atoms with E-state index in [1.54, 1.807) is 5.57 Å². The zero-order chi connectivity index (χ0) is 10.6. The second-order valence-electron chi connectivity index (χ2n) is 3.64. The summed E-state index contributed by atoms with van der Waals surface area (Å²) in [7, 11) is 0. The van der Waals surface area contributed by atoms with Gasteiger partial charge in [-0.3, -0.25) is 0 Å². The molecule has 1 heteroatoms. The van der Waals surface area contributed by atoms with Crippen molar-refractivity contribution in [2.45, 2.75) is 59.3 Å². The monoisotopic (exact) mass is 214 g/mol. The molecule has 0 nitrogen and oxygen atoms in total. The number of thioether (sulfide) groups is 1. The molecule has 0 aliphatic heterocycles. The molecule has 0 saturated heterocycles. The van der Waals surface area contributed by atoms with Crippen LogP contribution in [0.3, 0.4) is 0 Å². The highest BCUT2D eigenvalue weighted by molar-refractivity contribution is 7.99. The molecule has 0 heterocycles. The van der Waals surface area contributed by atoms with Crippen molar-refractivity contribution in [1.82, 2.24) is 0 Å². The second kappa shape index (κ2) is 11.2. The molecule has 0 spiro atoms. The second-order valence-corrected chi connectivity index (χ2v) is 5.20. The molecule has 0 unspecified atom stereocenters. The summed E-state index contributed by atoms with van der Waals surface area (Å²) in [6, 6.07) is 0. The standard InChI is InChI=1S/C9H16.C4H10S/c1-2-6-9-7-4-3-5-8-9;1-3-5-4-2/h7H,2-6,8H2,1H3;3-4H2,1-2H3. The Bertz CT molecular complexity index is 136. The molecule has 1 aliphatic rings. The van der Waals surface area contributed by atoms with Gasteiger partial charge in [-0.15, -0.1) is 0 Å². The van der Waals surface area contributed by atoms with E-state index in [2.05, 4.69) is 26.8 Å². The minimum Gasteiger partial charge on any atom is -0.163 e. The average molecular weight is 214 g/mol. The molecular formula is C13H26S. The van der Waals surface area contributed by atoms with Gasteiger partial charge in [0.15, 0.2) is 0 Å². The van der Waals surface area contributed by atoms with Gasteiger partial charge in [-0.25, -0.2) is 0 Å². The minimum absolute atomic E-state index is 1.26. The Hall–Kier alpha value is 0.0900. The quantitative estimate of drug-likeness (QED) is 0.590. The van der Waals surface area contributed by atoms with Crippen LogP contribution < -0.4 is 0 Å². The van der Waals surface area contributed by atoms with E-state index < -0.39 is 0 Å². The summed E-state index contributed by atoms with van der Waals surface area (Å²) in [6.07, 6.45) is 10.7. The van der Waals surface area contributed by atoms with Gasteiger partial charge in [0.1, 0.15) is 0 Å². The van der Waals surface area contributed by atoms with Crippen LogP contribution in [0.15, 0.2) is 11.6 Å². The van der Waals surface area contributed by atoms with Crippen molar-refractivity contribution in [3.8, 4) is 0 Å². The van der Waals surface area contributed by atoms with Crippen LogP contribution >= 0.6 is 11.8 Å². The van der Waals surface area contributed by atoms with Crippen molar-refractivity contribution in [2.24, 2.45) is 0 Å². The van der Waals surface area contributed by atoms with Crippen molar-refractivity contribution in [3.63, 3.8) is 0 Å². The first-order valence-electron chi connectivity index (χ1n) is 6.10. The van der Waals surface area contributed by atoms with E-state index in [9.17, 15) is 0 Å². The van der Waals surface area contributed by atoms with Gasteiger partial charge in [0.2, 0.25) is 0 Å². The van der Waals surface area contributed by atoms with E-state index >= 15 is 0 Å². The van der Waals surface area contributed by atoms with Crippen molar-refractivity contribution in [1.29, 1.82) is 0 Å². The molecule has 0 fully saturated rings. The van der Waals surface area contributed by atoms with Crippen LogP contribution in [0, 0.1) is 0 Å². The van der Waals surface area contributed by atoms with Gasteiger partial charge < -0.3 is 0 Å². The number of hydrogen-bond acceptors (Lipinski definition) is 1. The molecule has 84 valence electrons. The van der Waals surface area contributed by atoms with Gasteiger partial charge >= 0.3 is 0 Å². The highest BCUT2D eigenvalue weighted by Crippen LogP contribution is 2.20. The van der Waals surface area contributed by atoms with Crippen molar-refractivity contribution in [2.75, 3.05) is 11.5 Å². The minimum atomic E-state index is 1.26. The third-order valence-electron chi connectivity index (χ3n) is 2.36.